The van der Waals surface area contributed by atoms with Gasteiger partial charge >= 0.3 is 4.87 Å². The number of aromatic nitrogens is 1. The molecule has 0 aliphatic heterocycles. The third-order valence-corrected chi connectivity index (χ3v) is 3.34. The summed E-state index contributed by atoms with van der Waals surface area (Å²) in [5.41, 5.74) is 1.11. The van der Waals surface area contributed by atoms with Gasteiger partial charge in [-0.3, -0.25) is 4.79 Å². The summed E-state index contributed by atoms with van der Waals surface area (Å²) < 4.78 is 1.89. The lowest BCUT2D eigenvalue weighted by Gasteiger charge is -2.03. The predicted molar refractivity (Wildman–Crippen MR) is 62.1 cm³/mol. The van der Waals surface area contributed by atoms with Crippen molar-refractivity contribution in [3.8, 4) is 0 Å². The Balaban J connectivity index is 2.28. The second-order valence-corrected chi connectivity index (χ2v) is 4.53. The van der Waals surface area contributed by atoms with E-state index in [9.17, 15) is 4.79 Å². The fourth-order valence-electron chi connectivity index (χ4n) is 1.55. The molecule has 3 heteroatoms. The Labute approximate surface area is 89.6 Å². The quantitative estimate of drug-likeness (QED) is 0.665. The van der Waals surface area contributed by atoms with Crippen molar-refractivity contribution in [1.82, 2.24) is 4.57 Å². The highest BCUT2D eigenvalue weighted by molar-refractivity contribution is 7.07. The standard InChI is InChI=1S/C11H19NOS/c1-3-4-5-6-7-8-12-10(2)9-14-11(12)13/h9H,3-8H2,1-2H3. The molecule has 0 aliphatic rings. The first-order valence-electron chi connectivity index (χ1n) is 5.40. The van der Waals surface area contributed by atoms with Crippen LogP contribution in [-0.2, 0) is 6.54 Å². The molecule has 1 rings (SSSR count). The summed E-state index contributed by atoms with van der Waals surface area (Å²) in [6.07, 6.45) is 6.27. The normalized spacial score (nSPS) is 10.7. The van der Waals surface area contributed by atoms with E-state index in [-0.39, 0.29) is 4.87 Å². The lowest BCUT2D eigenvalue weighted by molar-refractivity contribution is 0.557. The van der Waals surface area contributed by atoms with Crippen molar-refractivity contribution in [2.24, 2.45) is 0 Å². The van der Waals surface area contributed by atoms with Crippen LogP contribution in [0.15, 0.2) is 10.2 Å². The molecule has 1 aromatic heterocycles. The highest BCUT2D eigenvalue weighted by Gasteiger charge is 2.00. The van der Waals surface area contributed by atoms with E-state index >= 15 is 0 Å². The van der Waals surface area contributed by atoms with Crippen LogP contribution < -0.4 is 4.87 Å². The van der Waals surface area contributed by atoms with Crippen LogP contribution in [0.5, 0.6) is 0 Å². The van der Waals surface area contributed by atoms with E-state index in [0.717, 1.165) is 18.7 Å². The molecule has 0 aliphatic carbocycles. The minimum Gasteiger partial charge on any atom is -0.303 e. The maximum atomic E-state index is 11.3. The smallest absolute Gasteiger partial charge is 0.303 e. The fraction of sp³-hybridized carbons (Fsp3) is 0.727. The number of aryl methyl sites for hydroxylation is 1. The van der Waals surface area contributed by atoms with Gasteiger partial charge in [0.2, 0.25) is 0 Å². The predicted octanol–water partition coefficient (Wildman–Crippen LogP) is 3.19. The van der Waals surface area contributed by atoms with Crippen molar-refractivity contribution >= 4 is 11.3 Å². The van der Waals surface area contributed by atoms with Gasteiger partial charge in [0, 0.05) is 17.6 Å². The Kier molecular flexibility index (Phi) is 4.94. The van der Waals surface area contributed by atoms with Crippen molar-refractivity contribution in [1.29, 1.82) is 0 Å². The lowest BCUT2D eigenvalue weighted by Crippen LogP contribution is -2.14. The van der Waals surface area contributed by atoms with E-state index in [1.807, 2.05) is 16.9 Å². The minimum absolute atomic E-state index is 0.193. The van der Waals surface area contributed by atoms with Gasteiger partial charge in [-0.05, 0) is 13.3 Å². The molecule has 0 saturated carbocycles. The summed E-state index contributed by atoms with van der Waals surface area (Å²) in [5, 5.41) is 1.94. The third kappa shape index (κ3) is 3.29. The van der Waals surface area contributed by atoms with Crippen molar-refractivity contribution in [3.05, 3.63) is 20.7 Å². The molecule has 0 saturated heterocycles. The van der Waals surface area contributed by atoms with Gasteiger partial charge in [-0.2, -0.15) is 0 Å². The number of rotatable bonds is 6. The number of nitrogens with zero attached hydrogens (tertiary/aromatic N) is 1. The van der Waals surface area contributed by atoms with Crippen molar-refractivity contribution in [2.45, 2.75) is 52.5 Å². The van der Waals surface area contributed by atoms with Gasteiger partial charge in [-0.1, -0.05) is 43.9 Å². The zero-order valence-corrected chi connectivity index (χ0v) is 9.90. The average molecular weight is 213 g/mol. The second-order valence-electron chi connectivity index (χ2n) is 3.71. The van der Waals surface area contributed by atoms with E-state index in [1.54, 1.807) is 0 Å². The summed E-state index contributed by atoms with van der Waals surface area (Å²) >= 11 is 1.31. The fourth-order valence-corrected chi connectivity index (χ4v) is 2.31. The molecular weight excluding hydrogens is 194 g/mol. The van der Waals surface area contributed by atoms with Crippen LogP contribution in [0.1, 0.15) is 44.7 Å². The Bertz CT molecular complexity index is 313. The molecule has 0 amide bonds. The van der Waals surface area contributed by atoms with Crippen molar-refractivity contribution in [3.63, 3.8) is 0 Å². The SMILES string of the molecule is CCCCCCCn1c(C)csc1=O. The van der Waals surface area contributed by atoms with Crippen LogP contribution in [0.4, 0.5) is 0 Å². The van der Waals surface area contributed by atoms with Crippen LogP contribution in [0, 0.1) is 6.92 Å². The van der Waals surface area contributed by atoms with E-state index < -0.39 is 0 Å². The molecular formula is C11H19NOS. The van der Waals surface area contributed by atoms with Crippen molar-refractivity contribution in [2.75, 3.05) is 0 Å². The van der Waals surface area contributed by atoms with Crippen LogP contribution in [0.25, 0.3) is 0 Å². The summed E-state index contributed by atoms with van der Waals surface area (Å²) in [5.74, 6) is 0. The molecule has 0 N–H and O–H groups in total. The number of unbranched alkanes of at least 4 members (excludes halogenated alkanes) is 4. The molecule has 2 nitrogen and oxygen atoms in total. The van der Waals surface area contributed by atoms with Crippen LogP contribution >= 0.6 is 11.3 Å². The monoisotopic (exact) mass is 213 g/mol. The molecule has 1 heterocycles. The summed E-state index contributed by atoms with van der Waals surface area (Å²) in [4.78, 5) is 11.5. The van der Waals surface area contributed by atoms with Gasteiger partial charge in [0.1, 0.15) is 0 Å². The Morgan fingerprint density at radius 2 is 2.00 bits per heavy atom. The zero-order chi connectivity index (χ0) is 10.4. The second kappa shape index (κ2) is 6.02. The highest BCUT2D eigenvalue weighted by atomic mass is 32.1. The van der Waals surface area contributed by atoms with Crippen molar-refractivity contribution < 1.29 is 0 Å². The largest absolute Gasteiger partial charge is 0.307 e. The van der Waals surface area contributed by atoms with Gasteiger partial charge in [-0.25, -0.2) is 0 Å². The number of thiazole rings is 1. The van der Waals surface area contributed by atoms with Crippen LogP contribution in [0.2, 0.25) is 0 Å². The first kappa shape index (κ1) is 11.5. The topological polar surface area (TPSA) is 22.0 Å². The van der Waals surface area contributed by atoms with E-state index in [2.05, 4.69) is 6.92 Å². The maximum Gasteiger partial charge on any atom is 0.307 e. The number of hydrogen-bond acceptors (Lipinski definition) is 2. The Morgan fingerprint density at radius 3 is 2.57 bits per heavy atom. The van der Waals surface area contributed by atoms with Crippen LogP contribution in [-0.4, -0.2) is 4.57 Å². The molecule has 0 spiro atoms. The third-order valence-electron chi connectivity index (χ3n) is 2.46. The molecule has 0 aromatic carbocycles. The van der Waals surface area contributed by atoms with E-state index in [0.29, 0.717) is 0 Å². The van der Waals surface area contributed by atoms with Crippen LogP contribution in [0.3, 0.4) is 0 Å². The summed E-state index contributed by atoms with van der Waals surface area (Å²) in [6, 6.07) is 0. The number of hydrogen-bond donors (Lipinski definition) is 0. The Morgan fingerprint density at radius 1 is 1.29 bits per heavy atom. The first-order valence-corrected chi connectivity index (χ1v) is 6.28. The Hall–Kier alpha value is -0.570. The molecule has 0 atom stereocenters. The van der Waals surface area contributed by atoms with Gasteiger partial charge in [0.25, 0.3) is 0 Å². The molecule has 1 aromatic rings. The summed E-state index contributed by atoms with van der Waals surface area (Å²) in [7, 11) is 0. The maximum absolute atomic E-state index is 11.3. The van der Waals surface area contributed by atoms with E-state index in [1.165, 1.54) is 37.0 Å². The van der Waals surface area contributed by atoms with Gasteiger partial charge in [0.05, 0.1) is 0 Å². The molecule has 0 radical (unpaired) electrons. The lowest BCUT2D eigenvalue weighted by atomic mass is 10.1. The summed E-state index contributed by atoms with van der Waals surface area (Å²) in [6.45, 7) is 5.12. The molecule has 0 unspecified atom stereocenters. The highest BCUT2D eigenvalue weighted by Crippen LogP contribution is 2.06. The molecule has 14 heavy (non-hydrogen) atoms. The van der Waals surface area contributed by atoms with E-state index in [4.69, 9.17) is 0 Å². The van der Waals surface area contributed by atoms with Gasteiger partial charge < -0.3 is 4.57 Å². The molecule has 0 bridgehead atoms. The molecule has 80 valence electrons. The van der Waals surface area contributed by atoms with Gasteiger partial charge in [-0.15, -0.1) is 0 Å². The van der Waals surface area contributed by atoms with Gasteiger partial charge in [0.15, 0.2) is 0 Å². The molecule has 0 fully saturated rings. The average Bonchev–Trinajstić information content (AvgIpc) is 2.48. The first-order chi connectivity index (χ1) is 6.75. The zero-order valence-electron chi connectivity index (χ0n) is 9.08. The minimum atomic E-state index is 0.193.